The molecule has 0 aromatic carbocycles. The second-order valence-corrected chi connectivity index (χ2v) is 5.75. The Hall–Kier alpha value is 0.300. The minimum atomic E-state index is -0.635. The van der Waals surface area contributed by atoms with E-state index in [0.29, 0.717) is 46.2 Å². The minimum Gasteiger partial charge on any atom is -0.389 e. The van der Waals surface area contributed by atoms with Crippen molar-refractivity contribution in [1.29, 1.82) is 0 Å². The lowest BCUT2D eigenvalue weighted by Gasteiger charge is -2.14. The molecule has 7 nitrogen and oxygen atoms in total. The topological polar surface area (TPSA) is 86.6 Å². The van der Waals surface area contributed by atoms with E-state index in [-0.39, 0.29) is 31.1 Å². The van der Waals surface area contributed by atoms with Gasteiger partial charge in [-0.05, 0) is 6.92 Å². The van der Waals surface area contributed by atoms with Crippen molar-refractivity contribution in [3.63, 3.8) is 0 Å². The quantitative estimate of drug-likeness (QED) is 0.261. The second kappa shape index (κ2) is 18.1. The number of ether oxygens (including phenoxy) is 5. The van der Waals surface area contributed by atoms with Gasteiger partial charge in [0, 0.05) is 0 Å². The Balaban J connectivity index is 3.22. The largest absolute Gasteiger partial charge is 0.389 e. The van der Waals surface area contributed by atoms with Crippen molar-refractivity contribution >= 4 is 23.2 Å². The molecule has 0 spiro atoms. The van der Waals surface area contributed by atoms with Crippen LogP contribution in [0, 0.1) is 0 Å². The van der Waals surface area contributed by atoms with Gasteiger partial charge in [0.05, 0.1) is 89.5 Å². The Labute approximate surface area is 154 Å². The maximum absolute atomic E-state index is 9.17. The zero-order valence-electron chi connectivity index (χ0n) is 14.2. The van der Waals surface area contributed by atoms with Crippen LogP contribution in [-0.2, 0) is 23.7 Å². The van der Waals surface area contributed by atoms with Crippen LogP contribution in [0.2, 0.25) is 0 Å². The van der Waals surface area contributed by atoms with E-state index in [1.54, 1.807) is 0 Å². The van der Waals surface area contributed by atoms with Gasteiger partial charge in [0.2, 0.25) is 0 Å². The van der Waals surface area contributed by atoms with Crippen LogP contribution < -0.4 is 0 Å². The van der Waals surface area contributed by atoms with Gasteiger partial charge in [0.25, 0.3) is 0 Å². The Morgan fingerprint density at radius 2 is 1.08 bits per heavy atom. The average Bonchev–Trinajstić information content (AvgIpc) is 2.59. The zero-order valence-corrected chi connectivity index (χ0v) is 15.7. The SMILES string of the molecule is CC(COCCOCC(O)CCl)OCCOCCOCC(O)CCl. The van der Waals surface area contributed by atoms with Crippen LogP contribution in [0.25, 0.3) is 0 Å². The molecule has 0 rings (SSSR count). The first-order valence-corrected chi connectivity index (χ1v) is 9.07. The van der Waals surface area contributed by atoms with Gasteiger partial charge in [-0.1, -0.05) is 0 Å². The molecule has 146 valence electrons. The molecular formula is C15H30Cl2O7. The number of alkyl halides is 2. The molecule has 0 aliphatic carbocycles. The molecule has 0 saturated carbocycles. The molecule has 0 aliphatic rings. The number of aliphatic hydroxyl groups is 2. The molecule has 3 atom stereocenters. The highest BCUT2D eigenvalue weighted by atomic mass is 35.5. The summed E-state index contributed by atoms with van der Waals surface area (Å²) in [5.41, 5.74) is 0. The lowest BCUT2D eigenvalue weighted by Crippen LogP contribution is -2.22. The van der Waals surface area contributed by atoms with Gasteiger partial charge in [0.15, 0.2) is 0 Å². The monoisotopic (exact) mass is 392 g/mol. The van der Waals surface area contributed by atoms with Crippen molar-refractivity contribution in [2.45, 2.75) is 25.2 Å². The maximum Gasteiger partial charge on any atom is 0.0908 e. The summed E-state index contributed by atoms with van der Waals surface area (Å²) in [6.45, 7) is 5.41. The van der Waals surface area contributed by atoms with Gasteiger partial charge in [-0.2, -0.15) is 0 Å². The first kappa shape index (κ1) is 24.3. The molecule has 2 N–H and O–H groups in total. The fourth-order valence-electron chi connectivity index (χ4n) is 1.47. The van der Waals surface area contributed by atoms with E-state index in [1.807, 2.05) is 6.92 Å². The minimum absolute atomic E-state index is 0.0443. The van der Waals surface area contributed by atoms with Crippen molar-refractivity contribution in [3.05, 3.63) is 0 Å². The third-order valence-electron chi connectivity index (χ3n) is 2.70. The van der Waals surface area contributed by atoms with Crippen LogP contribution in [0.15, 0.2) is 0 Å². The summed E-state index contributed by atoms with van der Waals surface area (Å²) in [5, 5.41) is 18.3. The number of hydrogen-bond acceptors (Lipinski definition) is 7. The van der Waals surface area contributed by atoms with Gasteiger partial charge in [-0.15, -0.1) is 23.2 Å². The molecule has 0 fully saturated rings. The molecular weight excluding hydrogens is 363 g/mol. The van der Waals surface area contributed by atoms with Crippen molar-refractivity contribution < 1.29 is 33.9 Å². The highest BCUT2D eigenvalue weighted by molar-refractivity contribution is 6.18. The van der Waals surface area contributed by atoms with Gasteiger partial charge in [-0.25, -0.2) is 0 Å². The molecule has 0 radical (unpaired) electrons. The Bertz CT molecular complexity index is 262. The first-order chi connectivity index (χ1) is 11.6. The summed E-state index contributed by atoms with van der Waals surface area (Å²) in [6, 6.07) is 0. The predicted molar refractivity (Wildman–Crippen MR) is 92.1 cm³/mol. The summed E-state index contributed by atoms with van der Waals surface area (Å²) in [5.74, 6) is 0.325. The van der Waals surface area contributed by atoms with E-state index in [0.717, 1.165) is 0 Å². The highest BCUT2D eigenvalue weighted by Gasteiger charge is 2.04. The van der Waals surface area contributed by atoms with Gasteiger partial charge in [0.1, 0.15) is 0 Å². The van der Waals surface area contributed by atoms with Gasteiger partial charge in [-0.3, -0.25) is 0 Å². The molecule has 0 heterocycles. The van der Waals surface area contributed by atoms with E-state index in [9.17, 15) is 5.11 Å². The number of aliphatic hydroxyl groups excluding tert-OH is 2. The molecule has 0 bridgehead atoms. The second-order valence-electron chi connectivity index (χ2n) is 5.13. The van der Waals surface area contributed by atoms with E-state index < -0.39 is 12.2 Å². The van der Waals surface area contributed by atoms with E-state index in [2.05, 4.69) is 0 Å². The standard InChI is InChI=1S/C15H30Cl2O7/c1-13(10-21-4-5-23-12-15(19)9-17)24-7-6-20-2-3-22-11-14(18)8-16/h13-15,18-19H,2-12H2,1H3. The lowest BCUT2D eigenvalue weighted by molar-refractivity contribution is -0.0503. The molecule has 24 heavy (non-hydrogen) atoms. The van der Waals surface area contributed by atoms with Crippen LogP contribution in [0.4, 0.5) is 0 Å². The molecule has 0 aliphatic heterocycles. The molecule has 0 saturated heterocycles. The van der Waals surface area contributed by atoms with E-state index in [1.165, 1.54) is 0 Å². The molecule has 0 amide bonds. The Morgan fingerprint density at radius 3 is 1.58 bits per heavy atom. The highest BCUT2D eigenvalue weighted by Crippen LogP contribution is 1.94. The summed E-state index contributed by atoms with van der Waals surface area (Å²) >= 11 is 10.9. The summed E-state index contributed by atoms with van der Waals surface area (Å²) in [6.07, 6.45) is -1.31. The third kappa shape index (κ3) is 17.1. The predicted octanol–water partition coefficient (Wildman–Crippen LogP) is 0.657. The summed E-state index contributed by atoms with van der Waals surface area (Å²) in [7, 11) is 0. The summed E-state index contributed by atoms with van der Waals surface area (Å²) in [4.78, 5) is 0. The van der Waals surface area contributed by atoms with Crippen LogP contribution in [0.1, 0.15) is 6.92 Å². The lowest BCUT2D eigenvalue weighted by atomic mass is 10.4. The molecule has 0 aromatic rings. The third-order valence-corrected chi connectivity index (χ3v) is 3.42. The smallest absolute Gasteiger partial charge is 0.0908 e. The number of hydrogen-bond donors (Lipinski definition) is 2. The molecule has 3 unspecified atom stereocenters. The zero-order chi connectivity index (χ0) is 18.0. The molecule has 0 aromatic heterocycles. The van der Waals surface area contributed by atoms with Crippen LogP contribution in [0.5, 0.6) is 0 Å². The first-order valence-electron chi connectivity index (χ1n) is 8.00. The van der Waals surface area contributed by atoms with Crippen LogP contribution >= 0.6 is 23.2 Å². The molecule has 9 heteroatoms. The Morgan fingerprint density at radius 1 is 0.667 bits per heavy atom. The maximum atomic E-state index is 9.17. The fourth-order valence-corrected chi connectivity index (χ4v) is 1.65. The van der Waals surface area contributed by atoms with Crippen LogP contribution in [0.3, 0.4) is 0 Å². The van der Waals surface area contributed by atoms with Crippen LogP contribution in [-0.4, -0.2) is 99.7 Å². The number of halogens is 2. The normalized spacial score (nSPS) is 15.4. The number of rotatable bonds is 18. The Kier molecular flexibility index (Phi) is 18.3. The van der Waals surface area contributed by atoms with Crippen molar-refractivity contribution in [3.8, 4) is 0 Å². The van der Waals surface area contributed by atoms with E-state index in [4.69, 9.17) is 52.0 Å². The van der Waals surface area contributed by atoms with E-state index >= 15 is 0 Å². The van der Waals surface area contributed by atoms with Crippen molar-refractivity contribution in [2.24, 2.45) is 0 Å². The average molecular weight is 393 g/mol. The fraction of sp³-hybridized carbons (Fsp3) is 1.00. The van der Waals surface area contributed by atoms with Gasteiger partial charge >= 0.3 is 0 Å². The summed E-state index contributed by atoms with van der Waals surface area (Å²) < 4.78 is 26.6. The van der Waals surface area contributed by atoms with Gasteiger partial charge < -0.3 is 33.9 Å². The van der Waals surface area contributed by atoms with Crippen molar-refractivity contribution in [2.75, 3.05) is 71.2 Å². The van der Waals surface area contributed by atoms with Crippen molar-refractivity contribution in [1.82, 2.24) is 0 Å².